The molecule has 1 unspecified atom stereocenters. The van der Waals surface area contributed by atoms with Gasteiger partial charge >= 0.3 is 0 Å². The molecule has 3 rings (SSSR count). The van der Waals surface area contributed by atoms with E-state index >= 15 is 0 Å². The minimum atomic E-state index is -0.269. The number of hydrogen-bond donors (Lipinski definition) is 1. The van der Waals surface area contributed by atoms with Crippen LogP contribution < -0.4 is 10.1 Å². The van der Waals surface area contributed by atoms with E-state index in [2.05, 4.69) is 20.3 Å². The molecule has 6 nitrogen and oxygen atoms in total. The van der Waals surface area contributed by atoms with Crippen LogP contribution in [0.2, 0.25) is 0 Å². The summed E-state index contributed by atoms with van der Waals surface area (Å²) in [6, 6.07) is 4.86. The van der Waals surface area contributed by atoms with Crippen molar-refractivity contribution in [3.05, 3.63) is 48.2 Å². The van der Waals surface area contributed by atoms with Gasteiger partial charge in [0.25, 0.3) is 5.91 Å². The van der Waals surface area contributed by atoms with Gasteiger partial charge in [-0.15, -0.1) is 0 Å². The van der Waals surface area contributed by atoms with Crippen LogP contribution in [0.5, 0.6) is 5.88 Å². The minimum Gasteiger partial charge on any atom is -0.474 e. The standard InChI is InChI=1S/C18H22N4O2/c1-13(17-20-9-5-10-21-17)22-18(23)14-8-11-19-16(12-14)24-15-6-3-2-4-7-15/h5,8-13,15H,2-4,6-7H2,1H3,(H,22,23). The predicted molar refractivity (Wildman–Crippen MR) is 89.7 cm³/mol. The average Bonchev–Trinajstić information content (AvgIpc) is 2.63. The molecule has 2 aromatic heterocycles. The fourth-order valence-corrected chi connectivity index (χ4v) is 2.85. The predicted octanol–water partition coefficient (Wildman–Crippen LogP) is 3.07. The molecule has 2 aromatic rings. The van der Waals surface area contributed by atoms with E-state index in [-0.39, 0.29) is 18.1 Å². The molecule has 1 aliphatic carbocycles. The third-order valence-corrected chi connectivity index (χ3v) is 4.16. The Labute approximate surface area is 141 Å². The van der Waals surface area contributed by atoms with Crippen molar-refractivity contribution in [2.24, 2.45) is 0 Å². The maximum Gasteiger partial charge on any atom is 0.252 e. The van der Waals surface area contributed by atoms with Crippen molar-refractivity contribution in [2.75, 3.05) is 0 Å². The Bertz CT molecular complexity index is 672. The second kappa shape index (κ2) is 7.86. The second-order valence-corrected chi connectivity index (χ2v) is 6.06. The molecular formula is C18H22N4O2. The van der Waals surface area contributed by atoms with E-state index in [0.717, 1.165) is 12.8 Å². The number of rotatable bonds is 5. The van der Waals surface area contributed by atoms with Gasteiger partial charge in [-0.05, 0) is 44.7 Å². The number of pyridine rings is 1. The summed E-state index contributed by atoms with van der Waals surface area (Å²) >= 11 is 0. The zero-order chi connectivity index (χ0) is 16.8. The quantitative estimate of drug-likeness (QED) is 0.913. The van der Waals surface area contributed by atoms with Crippen molar-refractivity contribution in [3.63, 3.8) is 0 Å². The van der Waals surface area contributed by atoms with Gasteiger partial charge in [-0.25, -0.2) is 15.0 Å². The lowest BCUT2D eigenvalue weighted by atomic mass is 9.98. The number of nitrogens with zero attached hydrogens (tertiary/aromatic N) is 3. The van der Waals surface area contributed by atoms with Gasteiger partial charge in [-0.3, -0.25) is 4.79 Å². The molecule has 1 saturated carbocycles. The molecule has 1 aliphatic rings. The highest BCUT2D eigenvalue weighted by molar-refractivity contribution is 5.94. The average molecular weight is 326 g/mol. The Balaban J connectivity index is 1.63. The van der Waals surface area contributed by atoms with E-state index in [1.807, 2.05) is 6.92 Å². The van der Waals surface area contributed by atoms with Crippen LogP contribution in [0.3, 0.4) is 0 Å². The lowest BCUT2D eigenvalue weighted by Crippen LogP contribution is -2.28. The topological polar surface area (TPSA) is 77.0 Å². The summed E-state index contributed by atoms with van der Waals surface area (Å²) < 4.78 is 5.92. The Morgan fingerprint density at radius 2 is 1.92 bits per heavy atom. The first-order valence-corrected chi connectivity index (χ1v) is 8.43. The highest BCUT2D eigenvalue weighted by atomic mass is 16.5. The lowest BCUT2D eigenvalue weighted by molar-refractivity contribution is 0.0936. The largest absolute Gasteiger partial charge is 0.474 e. The summed E-state index contributed by atoms with van der Waals surface area (Å²) in [6.45, 7) is 1.86. The number of ether oxygens (including phenoxy) is 1. The van der Waals surface area contributed by atoms with Crippen LogP contribution in [0, 0.1) is 0 Å². The summed E-state index contributed by atoms with van der Waals surface area (Å²) in [5.74, 6) is 0.905. The van der Waals surface area contributed by atoms with E-state index in [1.54, 1.807) is 36.8 Å². The Kier molecular flexibility index (Phi) is 5.36. The molecule has 0 spiro atoms. The normalized spacial score (nSPS) is 16.4. The fraction of sp³-hybridized carbons (Fsp3) is 0.444. The number of aromatic nitrogens is 3. The summed E-state index contributed by atoms with van der Waals surface area (Å²) in [5.41, 5.74) is 0.526. The van der Waals surface area contributed by atoms with Crippen LogP contribution in [0.1, 0.15) is 61.3 Å². The first-order chi connectivity index (χ1) is 11.7. The van der Waals surface area contributed by atoms with Crippen LogP contribution in [0.15, 0.2) is 36.8 Å². The molecule has 6 heteroatoms. The fourth-order valence-electron chi connectivity index (χ4n) is 2.85. The van der Waals surface area contributed by atoms with Gasteiger partial charge in [0.15, 0.2) is 0 Å². The molecule has 0 radical (unpaired) electrons. The van der Waals surface area contributed by atoms with Crippen LogP contribution in [-0.4, -0.2) is 27.0 Å². The van der Waals surface area contributed by atoms with E-state index in [4.69, 9.17) is 4.74 Å². The zero-order valence-electron chi connectivity index (χ0n) is 13.8. The summed E-state index contributed by atoms with van der Waals surface area (Å²) in [7, 11) is 0. The van der Waals surface area contributed by atoms with Gasteiger partial charge in [0.2, 0.25) is 5.88 Å². The van der Waals surface area contributed by atoms with Crippen molar-refractivity contribution < 1.29 is 9.53 Å². The highest BCUT2D eigenvalue weighted by Crippen LogP contribution is 2.22. The first kappa shape index (κ1) is 16.4. The first-order valence-electron chi connectivity index (χ1n) is 8.43. The van der Waals surface area contributed by atoms with Crippen LogP contribution in [-0.2, 0) is 0 Å². The number of hydrogen-bond acceptors (Lipinski definition) is 5. The second-order valence-electron chi connectivity index (χ2n) is 6.06. The maximum absolute atomic E-state index is 12.4. The van der Waals surface area contributed by atoms with Crippen molar-refractivity contribution in [1.29, 1.82) is 0 Å². The lowest BCUT2D eigenvalue weighted by Gasteiger charge is -2.22. The number of nitrogens with one attached hydrogen (secondary N) is 1. The van der Waals surface area contributed by atoms with Gasteiger partial charge in [0.05, 0.1) is 6.04 Å². The summed E-state index contributed by atoms with van der Waals surface area (Å²) in [4.78, 5) is 25.0. The van der Waals surface area contributed by atoms with Gasteiger partial charge in [-0.2, -0.15) is 0 Å². The van der Waals surface area contributed by atoms with Crippen LogP contribution in [0.4, 0.5) is 0 Å². The SMILES string of the molecule is CC(NC(=O)c1ccnc(OC2CCCCC2)c1)c1ncccn1. The monoisotopic (exact) mass is 326 g/mol. The molecule has 1 fully saturated rings. The molecule has 0 aliphatic heterocycles. The summed E-state index contributed by atoms with van der Waals surface area (Å²) in [6.07, 6.45) is 10.9. The molecule has 1 atom stereocenters. The minimum absolute atomic E-state index is 0.189. The van der Waals surface area contributed by atoms with Crippen LogP contribution in [0.25, 0.3) is 0 Å². The molecule has 0 aromatic carbocycles. The van der Waals surface area contributed by atoms with E-state index < -0.39 is 0 Å². The summed E-state index contributed by atoms with van der Waals surface area (Å²) in [5, 5.41) is 2.90. The van der Waals surface area contributed by atoms with Crippen LogP contribution >= 0.6 is 0 Å². The molecule has 126 valence electrons. The molecule has 0 bridgehead atoms. The Hall–Kier alpha value is -2.50. The third kappa shape index (κ3) is 4.28. The molecule has 24 heavy (non-hydrogen) atoms. The van der Waals surface area contributed by atoms with Gasteiger partial charge in [0.1, 0.15) is 11.9 Å². The molecule has 0 saturated heterocycles. The number of carbonyl (C=O) groups excluding carboxylic acids is 1. The van der Waals surface area contributed by atoms with E-state index in [1.165, 1.54) is 19.3 Å². The molecule has 1 amide bonds. The maximum atomic E-state index is 12.4. The third-order valence-electron chi connectivity index (χ3n) is 4.16. The van der Waals surface area contributed by atoms with E-state index in [9.17, 15) is 4.79 Å². The number of amides is 1. The van der Waals surface area contributed by atoms with Crippen molar-refractivity contribution in [1.82, 2.24) is 20.3 Å². The zero-order valence-corrected chi connectivity index (χ0v) is 13.8. The van der Waals surface area contributed by atoms with Crippen molar-refractivity contribution in [2.45, 2.75) is 51.2 Å². The Morgan fingerprint density at radius 3 is 2.67 bits per heavy atom. The molecule has 2 heterocycles. The molecule has 1 N–H and O–H groups in total. The van der Waals surface area contributed by atoms with Gasteiger partial charge in [0, 0.05) is 30.2 Å². The number of carbonyl (C=O) groups is 1. The van der Waals surface area contributed by atoms with Gasteiger partial charge in [-0.1, -0.05) is 6.42 Å². The highest BCUT2D eigenvalue weighted by Gasteiger charge is 2.17. The van der Waals surface area contributed by atoms with Gasteiger partial charge < -0.3 is 10.1 Å². The van der Waals surface area contributed by atoms with Crippen molar-refractivity contribution in [3.8, 4) is 5.88 Å². The Morgan fingerprint density at radius 1 is 1.17 bits per heavy atom. The van der Waals surface area contributed by atoms with E-state index in [0.29, 0.717) is 17.3 Å². The van der Waals surface area contributed by atoms with Crippen molar-refractivity contribution >= 4 is 5.91 Å². The smallest absolute Gasteiger partial charge is 0.252 e. The molecular weight excluding hydrogens is 304 g/mol.